The summed E-state index contributed by atoms with van der Waals surface area (Å²) in [7, 11) is 0. The maximum absolute atomic E-state index is 5.05. The number of benzene rings is 15. The van der Waals surface area contributed by atoms with Crippen LogP contribution in [0.4, 0.5) is 34.1 Å². The fourth-order valence-electron chi connectivity index (χ4n) is 14.5. The second kappa shape index (κ2) is 28.6. The molecule has 0 amide bonds. The quantitative estimate of drug-likeness (QED) is 0.102. The zero-order valence-electron chi connectivity index (χ0n) is 57.8. The van der Waals surface area contributed by atoms with Crippen LogP contribution in [0.5, 0.6) is 0 Å². The van der Waals surface area contributed by atoms with Gasteiger partial charge in [-0.2, -0.15) is 0 Å². The summed E-state index contributed by atoms with van der Waals surface area (Å²) >= 11 is 0. The van der Waals surface area contributed by atoms with Crippen LogP contribution < -0.4 is 9.80 Å². The molecule has 0 spiro atoms. The number of hydrogen-bond acceptors (Lipinski definition) is 6. The Balaban J connectivity index is 0.000000151. The first-order valence-electron chi connectivity index (χ1n) is 35.8. The number of hydrogen-bond donors (Lipinski definition) is 0. The molecule has 500 valence electrons. The number of para-hydroxylation sites is 6. The molecule has 106 heavy (non-hydrogen) atoms. The zero-order valence-corrected chi connectivity index (χ0v) is 57.8. The minimum Gasteiger partial charge on any atom is -0.310 e. The Bertz CT molecular complexity index is 6060. The van der Waals surface area contributed by atoms with E-state index in [1.807, 2.05) is 72.8 Å². The van der Waals surface area contributed by atoms with Crippen molar-refractivity contribution in [1.82, 2.24) is 29.1 Å². The van der Waals surface area contributed by atoms with Crippen molar-refractivity contribution >= 4 is 77.7 Å². The first-order chi connectivity index (χ1) is 52.6. The molecule has 0 saturated heterocycles. The normalized spacial score (nSPS) is 11.2. The number of aromatic nitrogens is 6. The van der Waals surface area contributed by atoms with Gasteiger partial charge in [0.25, 0.3) is 0 Å². The summed E-state index contributed by atoms with van der Waals surface area (Å²) in [6.45, 7) is 0. The Hall–Kier alpha value is -14.3. The Labute approximate surface area is 615 Å². The van der Waals surface area contributed by atoms with E-state index < -0.39 is 0 Å². The molecule has 4 aromatic heterocycles. The van der Waals surface area contributed by atoms with E-state index >= 15 is 0 Å². The molecule has 0 bridgehead atoms. The standard InChI is InChI=1S/C52H36N4.C46H32N4/c1-5-15-39(16-6-1)48-36-49(54-52(53-48)41-17-7-2-8-18-41)40-27-25-37(26-28-40)38-29-31-44(32-30-38)56-50-24-14-13-23-46(50)47-35-45(33-34-51(47)56)55(42-19-9-3-10-20-42)43-21-11-4-12-22-43;1-5-15-33(16-6-1)42-32-43(48-46(47-42)35-17-7-2-8-18-35)34-25-27-38(28-26-34)50-44-24-14-13-23-40(44)41-31-39(29-30-45(41)50)49(36-19-9-3-10-20-36)37-21-11-4-12-22-37/h1-36H;1-32H. The fourth-order valence-corrected chi connectivity index (χ4v) is 14.5. The lowest BCUT2D eigenvalue weighted by molar-refractivity contribution is 1.17. The lowest BCUT2D eigenvalue weighted by atomic mass is 10.0. The van der Waals surface area contributed by atoms with Crippen LogP contribution in [0.3, 0.4) is 0 Å². The van der Waals surface area contributed by atoms with Crippen molar-refractivity contribution in [3.63, 3.8) is 0 Å². The third-order valence-electron chi connectivity index (χ3n) is 19.6. The molecule has 15 aromatic carbocycles. The zero-order chi connectivity index (χ0) is 70.5. The third kappa shape index (κ3) is 12.7. The average Bonchev–Trinajstić information content (AvgIpc) is 1.59. The topological polar surface area (TPSA) is 67.9 Å². The predicted molar refractivity (Wildman–Crippen MR) is 440 cm³/mol. The second-order valence-electron chi connectivity index (χ2n) is 26.2. The van der Waals surface area contributed by atoms with Gasteiger partial charge in [0.15, 0.2) is 11.6 Å². The summed E-state index contributed by atoms with van der Waals surface area (Å²) < 4.78 is 4.73. The fraction of sp³-hybridized carbons (Fsp3) is 0. The summed E-state index contributed by atoms with van der Waals surface area (Å²) in [5.74, 6) is 1.43. The van der Waals surface area contributed by atoms with Gasteiger partial charge in [-0.1, -0.05) is 279 Å². The molecular weight excluding hydrogens is 1290 g/mol. The largest absolute Gasteiger partial charge is 0.310 e. The van der Waals surface area contributed by atoms with Gasteiger partial charge in [0, 0.05) is 100 Å². The van der Waals surface area contributed by atoms with Gasteiger partial charge in [0.1, 0.15) is 0 Å². The highest BCUT2D eigenvalue weighted by Crippen LogP contribution is 2.43. The van der Waals surface area contributed by atoms with Gasteiger partial charge in [-0.05, 0) is 145 Å². The molecule has 19 rings (SSSR count). The summed E-state index contributed by atoms with van der Waals surface area (Å²) in [6.07, 6.45) is 0. The van der Waals surface area contributed by atoms with E-state index in [2.05, 4.69) is 359 Å². The lowest BCUT2D eigenvalue weighted by Crippen LogP contribution is -2.09. The molecule has 0 aliphatic rings. The van der Waals surface area contributed by atoms with E-state index in [1.165, 1.54) is 32.6 Å². The smallest absolute Gasteiger partial charge is 0.160 e. The average molecular weight is 1360 g/mol. The SMILES string of the molecule is c1ccc(-c2cc(-c3ccc(-c4ccc(-n5c6ccccc6c6cc(N(c7ccccc7)c7ccccc7)ccc65)cc4)cc3)nc(-c3ccccc3)n2)cc1.c1ccc(-c2cc(-c3ccc(-n4c5ccccc5c5cc(N(c6ccccc6)c6ccccc6)ccc54)cc3)nc(-c3ccccc3)n2)cc1. The predicted octanol–water partition coefficient (Wildman–Crippen LogP) is 25.8. The Morgan fingerprint density at radius 3 is 0.745 bits per heavy atom. The minimum absolute atomic E-state index is 0.712. The van der Waals surface area contributed by atoms with Crippen molar-refractivity contribution in [2.45, 2.75) is 0 Å². The van der Waals surface area contributed by atoms with Crippen molar-refractivity contribution in [2.24, 2.45) is 0 Å². The van der Waals surface area contributed by atoms with E-state index in [4.69, 9.17) is 19.9 Å². The van der Waals surface area contributed by atoms with E-state index in [1.54, 1.807) is 0 Å². The molecule has 0 fully saturated rings. The van der Waals surface area contributed by atoms with E-state index in [0.29, 0.717) is 11.6 Å². The van der Waals surface area contributed by atoms with E-state index in [0.717, 1.165) is 124 Å². The molecule has 19 aromatic rings. The molecule has 0 radical (unpaired) electrons. The second-order valence-corrected chi connectivity index (χ2v) is 26.2. The van der Waals surface area contributed by atoms with Gasteiger partial charge in [-0.3, -0.25) is 0 Å². The molecule has 0 saturated carbocycles. The van der Waals surface area contributed by atoms with Crippen molar-refractivity contribution in [1.29, 1.82) is 0 Å². The molecule has 0 unspecified atom stereocenters. The van der Waals surface area contributed by atoms with Gasteiger partial charge in [-0.15, -0.1) is 0 Å². The van der Waals surface area contributed by atoms with Crippen LogP contribution in [-0.2, 0) is 0 Å². The molecular formula is C98H68N8. The van der Waals surface area contributed by atoms with E-state index in [-0.39, 0.29) is 0 Å². The highest BCUT2D eigenvalue weighted by atomic mass is 15.1. The minimum atomic E-state index is 0.712. The van der Waals surface area contributed by atoms with Gasteiger partial charge < -0.3 is 18.9 Å². The molecule has 0 N–H and O–H groups in total. The molecule has 0 aliphatic heterocycles. The maximum atomic E-state index is 5.05. The number of rotatable bonds is 15. The van der Waals surface area contributed by atoms with Crippen LogP contribution >= 0.6 is 0 Å². The van der Waals surface area contributed by atoms with Crippen molar-refractivity contribution in [3.05, 3.63) is 413 Å². The van der Waals surface area contributed by atoms with Gasteiger partial charge in [0.05, 0.1) is 44.8 Å². The molecule has 0 atom stereocenters. The Morgan fingerprint density at radius 2 is 0.415 bits per heavy atom. The van der Waals surface area contributed by atoms with Crippen LogP contribution in [0.2, 0.25) is 0 Å². The Morgan fingerprint density at radius 1 is 0.170 bits per heavy atom. The molecule has 8 heteroatoms. The summed E-state index contributed by atoms with van der Waals surface area (Å²) in [5.41, 5.74) is 25.7. The van der Waals surface area contributed by atoms with E-state index in [9.17, 15) is 0 Å². The van der Waals surface area contributed by atoms with Crippen LogP contribution in [0.25, 0.3) is 134 Å². The van der Waals surface area contributed by atoms with Gasteiger partial charge in [-0.25, -0.2) is 19.9 Å². The van der Waals surface area contributed by atoms with Gasteiger partial charge in [0.2, 0.25) is 0 Å². The molecule has 8 nitrogen and oxygen atoms in total. The van der Waals surface area contributed by atoms with Crippen LogP contribution in [0.1, 0.15) is 0 Å². The van der Waals surface area contributed by atoms with Crippen molar-refractivity contribution in [2.75, 3.05) is 9.80 Å². The summed E-state index contributed by atoms with van der Waals surface area (Å²) in [5, 5.41) is 4.85. The maximum Gasteiger partial charge on any atom is 0.160 e. The van der Waals surface area contributed by atoms with Crippen molar-refractivity contribution in [3.8, 4) is 90.3 Å². The first-order valence-corrected chi connectivity index (χ1v) is 35.8. The first kappa shape index (κ1) is 63.8. The molecule has 4 heterocycles. The number of anilines is 6. The Kier molecular flexibility index (Phi) is 17.2. The van der Waals surface area contributed by atoms with Crippen LogP contribution in [-0.4, -0.2) is 29.1 Å². The summed E-state index contributed by atoms with van der Waals surface area (Å²) in [6, 6.07) is 145. The molecule has 0 aliphatic carbocycles. The van der Waals surface area contributed by atoms with Gasteiger partial charge >= 0.3 is 0 Å². The monoisotopic (exact) mass is 1360 g/mol. The van der Waals surface area contributed by atoms with Crippen LogP contribution in [0, 0.1) is 0 Å². The highest BCUT2D eigenvalue weighted by molar-refractivity contribution is 6.12. The third-order valence-corrected chi connectivity index (χ3v) is 19.6. The highest BCUT2D eigenvalue weighted by Gasteiger charge is 2.21. The van der Waals surface area contributed by atoms with Crippen LogP contribution in [0.15, 0.2) is 413 Å². The number of nitrogens with zero attached hydrogens (tertiary/aromatic N) is 8. The van der Waals surface area contributed by atoms with Crippen molar-refractivity contribution < 1.29 is 0 Å². The summed E-state index contributed by atoms with van der Waals surface area (Å²) in [4.78, 5) is 24.6. The number of fused-ring (bicyclic) bond motifs is 6. The lowest BCUT2D eigenvalue weighted by Gasteiger charge is -2.25.